The molecule has 3 heteroatoms. The van der Waals surface area contributed by atoms with Crippen molar-refractivity contribution in [3.63, 3.8) is 0 Å². The molecule has 0 radical (unpaired) electrons. The smallest absolute Gasteiger partial charge is 0.127 e. The summed E-state index contributed by atoms with van der Waals surface area (Å²) in [4.78, 5) is 2.31. The first kappa shape index (κ1) is 11.5. The van der Waals surface area contributed by atoms with E-state index in [-0.39, 0.29) is 0 Å². The molecule has 18 heavy (non-hydrogen) atoms. The van der Waals surface area contributed by atoms with Crippen molar-refractivity contribution < 1.29 is 9.84 Å². The summed E-state index contributed by atoms with van der Waals surface area (Å²) in [6.45, 7) is 4.24. The molecule has 1 aliphatic rings. The second kappa shape index (κ2) is 4.96. The second-order valence-corrected chi connectivity index (χ2v) is 4.68. The fourth-order valence-electron chi connectivity index (χ4n) is 2.43. The van der Waals surface area contributed by atoms with Gasteiger partial charge in [0.25, 0.3) is 0 Å². The monoisotopic (exact) mass is 243 g/mol. The number of phenolic OH excluding ortho intramolecular Hbond substituents is 1. The summed E-state index contributed by atoms with van der Waals surface area (Å²) < 4.78 is 5.33. The van der Waals surface area contributed by atoms with Crippen LogP contribution in [0, 0.1) is 0 Å². The Morgan fingerprint density at radius 3 is 2.67 bits per heavy atom. The van der Waals surface area contributed by atoms with Crippen LogP contribution in [-0.2, 0) is 11.3 Å². The standard InChI is InChI=1S/C15H17NO2/c17-15-13(11-16-7-9-18-10-8-16)6-5-12-3-1-2-4-14(12)15/h1-6,17H,7-11H2. The third-order valence-electron chi connectivity index (χ3n) is 3.48. The van der Waals surface area contributed by atoms with Crippen LogP contribution in [0.1, 0.15) is 5.56 Å². The number of morpholine rings is 1. The number of aromatic hydroxyl groups is 1. The molecule has 0 unspecified atom stereocenters. The van der Waals surface area contributed by atoms with Crippen molar-refractivity contribution in [2.75, 3.05) is 26.3 Å². The summed E-state index contributed by atoms with van der Waals surface area (Å²) in [6.07, 6.45) is 0. The zero-order valence-corrected chi connectivity index (χ0v) is 10.3. The van der Waals surface area contributed by atoms with Crippen molar-refractivity contribution in [3.8, 4) is 5.75 Å². The Hall–Kier alpha value is -1.58. The summed E-state index contributed by atoms with van der Waals surface area (Å²) in [5.74, 6) is 0.416. The van der Waals surface area contributed by atoms with Crippen LogP contribution in [0.5, 0.6) is 5.75 Å². The van der Waals surface area contributed by atoms with Gasteiger partial charge >= 0.3 is 0 Å². The number of hydrogen-bond acceptors (Lipinski definition) is 3. The van der Waals surface area contributed by atoms with Crippen LogP contribution in [0.15, 0.2) is 36.4 Å². The van der Waals surface area contributed by atoms with E-state index in [0.29, 0.717) is 5.75 Å². The van der Waals surface area contributed by atoms with Gasteiger partial charge in [-0.2, -0.15) is 0 Å². The molecule has 2 aromatic carbocycles. The third kappa shape index (κ3) is 2.19. The summed E-state index contributed by atoms with van der Waals surface area (Å²) in [5, 5.41) is 12.3. The second-order valence-electron chi connectivity index (χ2n) is 4.68. The Kier molecular flexibility index (Phi) is 3.17. The molecule has 0 bridgehead atoms. The first-order valence-corrected chi connectivity index (χ1v) is 6.34. The van der Waals surface area contributed by atoms with Crippen LogP contribution in [0.25, 0.3) is 10.8 Å². The molecule has 0 atom stereocenters. The maximum absolute atomic E-state index is 10.3. The van der Waals surface area contributed by atoms with E-state index in [4.69, 9.17) is 4.74 Å². The molecule has 3 rings (SSSR count). The lowest BCUT2D eigenvalue weighted by molar-refractivity contribution is 0.0339. The highest BCUT2D eigenvalue weighted by Crippen LogP contribution is 2.29. The maximum atomic E-state index is 10.3. The number of ether oxygens (including phenoxy) is 1. The molecule has 3 nitrogen and oxygen atoms in total. The summed E-state index contributed by atoms with van der Waals surface area (Å²) in [6, 6.07) is 12.0. The van der Waals surface area contributed by atoms with Crippen molar-refractivity contribution in [3.05, 3.63) is 42.0 Å². The minimum Gasteiger partial charge on any atom is -0.507 e. The van der Waals surface area contributed by atoms with Crippen molar-refractivity contribution in [2.45, 2.75) is 6.54 Å². The zero-order valence-electron chi connectivity index (χ0n) is 10.3. The molecule has 1 fully saturated rings. The van der Waals surface area contributed by atoms with Gasteiger partial charge in [0.05, 0.1) is 13.2 Å². The lowest BCUT2D eigenvalue weighted by Crippen LogP contribution is -2.35. The topological polar surface area (TPSA) is 32.7 Å². The molecular weight excluding hydrogens is 226 g/mol. The van der Waals surface area contributed by atoms with Gasteiger partial charge in [-0.05, 0) is 5.39 Å². The molecule has 0 aliphatic carbocycles. The predicted octanol–water partition coefficient (Wildman–Crippen LogP) is 2.38. The predicted molar refractivity (Wildman–Crippen MR) is 71.7 cm³/mol. The van der Waals surface area contributed by atoms with E-state index in [1.807, 2.05) is 30.3 Å². The fraction of sp³-hybridized carbons (Fsp3) is 0.333. The van der Waals surface area contributed by atoms with E-state index in [0.717, 1.165) is 49.2 Å². The number of rotatable bonds is 2. The molecule has 0 spiro atoms. The number of phenols is 1. The minimum atomic E-state index is 0.416. The van der Waals surface area contributed by atoms with Gasteiger partial charge in [-0.3, -0.25) is 4.90 Å². The van der Waals surface area contributed by atoms with Crippen LogP contribution in [-0.4, -0.2) is 36.3 Å². The SMILES string of the molecule is Oc1c(CN2CCOCC2)ccc2ccccc12. The molecule has 1 aliphatic heterocycles. The zero-order chi connectivity index (χ0) is 12.4. The van der Waals surface area contributed by atoms with Crippen LogP contribution in [0.3, 0.4) is 0 Å². The molecule has 0 saturated carbocycles. The van der Waals surface area contributed by atoms with Gasteiger partial charge in [-0.25, -0.2) is 0 Å². The first-order chi connectivity index (χ1) is 8.84. The molecule has 0 amide bonds. The van der Waals surface area contributed by atoms with E-state index >= 15 is 0 Å². The normalized spacial score (nSPS) is 17.1. The minimum absolute atomic E-state index is 0.416. The van der Waals surface area contributed by atoms with E-state index in [2.05, 4.69) is 11.0 Å². The van der Waals surface area contributed by atoms with Gasteiger partial charge < -0.3 is 9.84 Å². The lowest BCUT2D eigenvalue weighted by atomic mass is 10.0. The Morgan fingerprint density at radius 2 is 1.83 bits per heavy atom. The van der Waals surface area contributed by atoms with Crippen molar-refractivity contribution in [1.82, 2.24) is 4.90 Å². The Balaban J connectivity index is 1.89. The lowest BCUT2D eigenvalue weighted by Gasteiger charge is -2.27. The Bertz CT molecular complexity index is 547. The molecule has 2 aromatic rings. The highest BCUT2D eigenvalue weighted by Gasteiger charge is 2.13. The fourth-order valence-corrected chi connectivity index (χ4v) is 2.43. The van der Waals surface area contributed by atoms with Crippen LogP contribution in [0.4, 0.5) is 0 Å². The Labute approximate surface area is 107 Å². The van der Waals surface area contributed by atoms with Crippen molar-refractivity contribution in [2.24, 2.45) is 0 Å². The molecule has 1 N–H and O–H groups in total. The van der Waals surface area contributed by atoms with E-state index in [1.54, 1.807) is 0 Å². The molecule has 0 aromatic heterocycles. The quantitative estimate of drug-likeness (QED) is 0.879. The van der Waals surface area contributed by atoms with Gasteiger partial charge in [0, 0.05) is 30.6 Å². The summed E-state index contributed by atoms with van der Waals surface area (Å²) >= 11 is 0. The van der Waals surface area contributed by atoms with E-state index in [9.17, 15) is 5.11 Å². The number of fused-ring (bicyclic) bond motifs is 1. The summed E-state index contributed by atoms with van der Waals surface area (Å²) in [7, 11) is 0. The van der Waals surface area contributed by atoms with Crippen LogP contribution >= 0.6 is 0 Å². The van der Waals surface area contributed by atoms with E-state index in [1.165, 1.54) is 0 Å². The number of hydrogen-bond donors (Lipinski definition) is 1. The first-order valence-electron chi connectivity index (χ1n) is 6.34. The average Bonchev–Trinajstić information content (AvgIpc) is 2.43. The number of benzene rings is 2. The van der Waals surface area contributed by atoms with Gasteiger partial charge in [0.1, 0.15) is 5.75 Å². The van der Waals surface area contributed by atoms with Gasteiger partial charge in [0.2, 0.25) is 0 Å². The van der Waals surface area contributed by atoms with Crippen LogP contribution in [0.2, 0.25) is 0 Å². The highest BCUT2D eigenvalue weighted by molar-refractivity contribution is 5.89. The van der Waals surface area contributed by atoms with Crippen molar-refractivity contribution >= 4 is 10.8 Å². The van der Waals surface area contributed by atoms with Gasteiger partial charge in [-0.1, -0.05) is 36.4 Å². The number of nitrogens with zero attached hydrogens (tertiary/aromatic N) is 1. The highest BCUT2D eigenvalue weighted by atomic mass is 16.5. The molecule has 1 heterocycles. The third-order valence-corrected chi connectivity index (χ3v) is 3.48. The van der Waals surface area contributed by atoms with Gasteiger partial charge in [0.15, 0.2) is 0 Å². The van der Waals surface area contributed by atoms with Crippen LogP contribution < -0.4 is 0 Å². The molecular formula is C15H17NO2. The maximum Gasteiger partial charge on any atom is 0.127 e. The van der Waals surface area contributed by atoms with Gasteiger partial charge in [-0.15, -0.1) is 0 Å². The van der Waals surface area contributed by atoms with Crippen molar-refractivity contribution in [1.29, 1.82) is 0 Å². The molecule has 1 saturated heterocycles. The van der Waals surface area contributed by atoms with E-state index < -0.39 is 0 Å². The average molecular weight is 243 g/mol. The Morgan fingerprint density at radius 1 is 1.06 bits per heavy atom. The summed E-state index contributed by atoms with van der Waals surface area (Å²) in [5.41, 5.74) is 0.996. The molecule has 94 valence electrons. The largest absolute Gasteiger partial charge is 0.507 e.